The van der Waals surface area contributed by atoms with E-state index in [2.05, 4.69) is 10.3 Å². The predicted molar refractivity (Wildman–Crippen MR) is 99.4 cm³/mol. The first kappa shape index (κ1) is 17.7. The molecule has 2 aliphatic rings. The van der Waals surface area contributed by atoms with E-state index in [9.17, 15) is 14.4 Å². The molecule has 2 atom stereocenters. The minimum atomic E-state index is -0.415. The number of benzene rings is 1. The fourth-order valence-electron chi connectivity index (χ4n) is 3.93. The predicted octanol–water partition coefficient (Wildman–Crippen LogP) is 2.64. The molecule has 3 amide bonds. The van der Waals surface area contributed by atoms with Gasteiger partial charge in [-0.15, -0.1) is 0 Å². The Morgan fingerprint density at radius 3 is 2.48 bits per heavy atom. The van der Waals surface area contributed by atoms with Gasteiger partial charge in [0.15, 0.2) is 0 Å². The molecular weight excluding hydrogens is 368 g/mol. The molecule has 4 rings (SSSR count). The second-order valence-electron chi connectivity index (χ2n) is 6.94. The molecule has 27 heavy (non-hydrogen) atoms. The highest BCUT2D eigenvalue weighted by Gasteiger charge is 2.48. The summed E-state index contributed by atoms with van der Waals surface area (Å²) in [5.41, 5.74) is 1.24. The average Bonchev–Trinajstić information content (AvgIpc) is 3.26. The first-order valence-electron chi connectivity index (χ1n) is 8.97. The number of carbonyl (C=O) groups is 3. The van der Waals surface area contributed by atoms with Crippen molar-refractivity contribution < 1.29 is 14.4 Å². The van der Waals surface area contributed by atoms with Crippen molar-refractivity contribution in [2.75, 3.05) is 11.9 Å². The zero-order valence-electron chi connectivity index (χ0n) is 14.6. The second-order valence-corrected chi connectivity index (χ2v) is 7.35. The minimum Gasteiger partial charge on any atom is -0.324 e. The maximum Gasteiger partial charge on any atom is 0.244 e. The summed E-state index contributed by atoms with van der Waals surface area (Å²) in [4.78, 5) is 42.4. The SMILES string of the molecule is O=C(CN1C(=O)C2CCCCC2C1=O)Nc1ccc(-n2ccnc2)c(Cl)c1. The van der Waals surface area contributed by atoms with Crippen molar-refractivity contribution >= 4 is 35.0 Å². The summed E-state index contributed by atoms with van der Waals surface area (Å²) < 4.78 is 1.76. The van der Waals surface area contributed by atoms with Gasteiger partial charge in [0.05, 0.1) is 28.9 Å². The maximum atomic E-state index is 12.5. The molecule has 1 saturated heterocycles. The molecule has 1 aliphatic heterocycles. The summed E-state index contributed by atoms with van der Waals surface area (Å²) in [6.45, 7) is -0.258. The number of anilines is 1. The number of amides is 3. The van der Waals surface area contributed by atoms with Crippen LogP contribution in [0, 0.1) is 11.8 Å². The lowest BCUT2D eigenvalue weighted by atomic mass is 9.81. The van der Waals surface area contributed by atoms with Gasteiger partial charge in [-0.25, -0.2) is 4.98 Å². The number of aromatic nitrogens is 2. The molecule has 1 N–H and O–H groups in total. The highest BCUT2D eigenvalue weighted by molar-refractivity contribution is 6.32. The standard InChI is InChI=1S/C19H19ClN4O3/c20-15-9-12(5-6-16(15)23-8-7-21-11-23)22-17(25)10-24-18(26)13-3-1-2-4-14(13)19(24)27/h5-9,11,13-14H,1-4,10H2,(H,22,25). The van der Waals surface area contributed by atoms with Gasteiger partial charge in [0.1, 0.15) is 6.54 Å². The van der Waals surface area contributed by atoms with Crippen LogP contribution in [0.5, 0.6) is 0 Å². The topological polar surface area (TPSA) is 84.3 Å². The zero-order valence-corrected chi connectivity index (χ0v) is 15.4. The van der Waals surface area contributed by atoms with E-state index in [1.807, 2.05) is 0 Å². The number of nitrogens with one attached hydrogen (secondary N) is 1. The number of likely N-dealkylation sites (tertiary alicyclic amines) is 1. The van der Waals surface area contributed by atoms with Crippen molar-refractivity contribution in [2.24, 2.45) is 11.8 Å². The maximum absolute atomic E-state index is 12.5. The van der Waals surface area contributed by atoms with E-state index in [0.29, 0.717) is 10.7 Å². The molecule has 140 valence electrons. The highest BCUT2D eigenvalue weighted by Crippen LogP contribution is 2.37. The van der Waals surface area contributed by atoms with Gasteiger partial charge in [-0.05, 0) is 31.0 Å². The Morgan fingerprint density at radius 1 is 1.19 bits per heavy atom. The molecule has 1 aromatic carbocycles. The Morgan fingerprint density at radius 2 is 1.89 bits per heavy atom. The van der Waals surface area contributed by atoms with E-state index < -0.39 is 5.91 Å². The monoisotopic (exact) mass is 386 g/mol. The van der Waals surface area contributed by atoms with Crippen molar-refractivity contribution in [1.29, 1.82) is 0 Å². The molecule has 1 aromatic heterocycles. The first-order chi connectivity index (χ1) is 13.0. The molecule has 0 spiro atoms. The van der Waals surface area contributed by atoms with Gasteiger partial charge in [0.2, 0.25) is 17.7 Å². The number of rotatable bonds is 4. The molecular formula is C19H19ClN4O3. The number of imide groups is 1. The minimum absolute atomic E-state index is 0.215. The van der Waals surface area contributed by atoms with Crippen LogP contribution in [0.4, 0.5) is 5.69 Å². The third kappa shape index (κ3) is 3.35. The van der Waals surface area contributed by atoms with E-state index in [1.54, 1.807) is 41.5 Å². The fraction of sp³-hybridized carbons (Fsp3) is 0.368. The quantitative estimate of drug-likeness (QED) is 0.818. The fourth-order valence-corrected chi connectivity index (χ4v) is 4.20. The van der Waals surface area contributed by atoms with Crippen LogP contribution < -0.4 is 5.32 Å². The van der Waals surface area contributed by atoms with Gasteiger partial charge < -0.3 is 9.88 Å². The van der Waals surface area contributed by atoms with E-state index in [4.69, 9.17) is 11.6 Å². The van der Waals surface area contributed by atoms with Gasteiger partial charge in [-0.1, -0.05) is 24.4 Å². The number of imidazole rings is 1. The number of fused-ring (bicyclic) bond motifs is 1. The van der Waals surface area contributed by atoms with Gasteiger partial charge in [-0.3, -0.25) is 19.3 Å². The third-order valence-electron chi connectivity index (χ3n) is 5.25. The lowest BCUT2D eigenvalue weighted by Gasteiger charge is -2.19. The molecule has 1 aliphatic carbocycles. The summed E-state index contributed by atoms with van der Waals surface area (Å²) >= 11 is 6.29. The normalized spacial score (nSPS) is 22.0. The Labute approximate surface area is 161 Å². The van der Waals surface area contributed by atoms with Crippen LogP contribution >= 0.6 is 11.6 Å². The van der Waals surface area contributed by atoms with Crippen LogP contribution in [0.3, 0.4) is 0 Å². The lowest BCUT2D eigenvalue weighted by molar-refractivity contribution is -0.142. The average molecular weight is 387 g/mol. The van der Waals surface area contributed by atoms with Crippen molar-refractivity contribution in [2.45, 2.75) is 25.7 Å². The summed E-state index contributed by atoms with van der Waals surface area (Å²) in [6, 6.07) is 5.11. The highest BCUT2D eigenvalue weighted by atomic mass is 35.5. The largest absolute Gasteiger partial charge is 0.324 e. The van der Waals surface area contributed by atoms with E-state index >= 15 is 0 Å². The van der Waals surface area contributed by atoms with Crippen LogP contribution in [-0.4, -0.2) is 38.7 Å². The van der Waals surface area contributed by atoms with E-state index in [1.165, 1.54) is 0 Å². The molecule has 0 radical (unpaired) electrons. The van der Waals surface area contributed by atoms with Crippen molar-refractivity contribution in [3.8, 4) is 5.69 Å². The summed E-state index contributed by atoms with van der Waals surface area (Å²) in [5, 5.41) is 3.16. The van der Waals surface area contributed by atoms with Gasteiger partial charge in [-0.2, -0.15) is 0 Å². The van der Waals surface area contributed by atoms with Gasteiger partial charge in [0.25, 0.3) is 0 Å². The molecule has 7 nitrogen and oxygen atoms in total. The van der Waals surface area contributed by atoms with Crippen LogP contribution in [-0.2, 0) is 14.4 Å². The number of hydrogen-bond donors (Lipinski definition) is 1. The van der Waals surface area contributed by atoms with Crippen LogP contribution in [0.1, 0.15) is 25.7 Å². The van der Waals surface area contributed by atoms with Crippen LogP contribution in [0.15, 0.2) is 36.9 Å². The smallest absolute Gasteiger partial charge is 0.244 e. The second kappa shape index (κ2) is 7.15. The zero-order chi connectivity index (χ0) is 19.0. The van der Waals surface area contributed by atoms with E-state index in [0.717, 1.165) is 36.3 Å². The van der Waals surface area contributed by atoms with Crippen LogP contribution in [0.25, 0.3) is 5.69 Å². The Hall–Kier alpha value is -2.67. The molecule has 0 bridgehead atoms. The number of carbonyl (C=O) groups excluding carboxylic acids is 3. The van der Waals surface area contributed by atoms with Crippen molar-refractivity contribution in [3.05, 3.63) is 41.9 Å². The molecule has 8 heteroatoms. The molecule has 2 unspecified atom stereocenters. The molecule has 2 fully saturated rings. The molecule has 2 aromatic rings. The number of hydrogen-bond acceptors (Lipinski definition) is 4. The summed E-state index contributed by atoms with van der Waals surface area (Å²) in [7, 11) is 0. The Balaban J connectivity index is 1.43. The lowest BCUT2D eigenvalue weighted by Crippen LogP contribution is -2.38. The summed E-state index contributed by atoms with van der Waals surface area (Å²) in [6.07, 6.45) is 8.43. The van der Waals surface area contributed by atoms with Crippen molar-refractivity contribution in [3.63, 3.8) is 0 Å². The van der Waals surface area contributed by atoms with Crippen LogP contribution in [0.2, 0.25) is 5.02 Å². The molecule has 2 heterocycles. The number of halogens is 1. The van der Waals surface area contributed by atoms with Crippen molar-refractivity contribution in [1.82, 2.24) is 14.5 Å². The van der Waals surface area contributed by atoms with E-state index in [-0.39, 0.29) is 30.2 Å². The third-order valence-corrected chi connectivity index (χ3v) is 5.55. The van der Waals surface area contributed by atoms with Gasteiger partial charge >= 0.3 is 0 Å². The Kier molecular flexibility index (Phi) is 4.70. The first-order valence-corrected chi connectivity index (χ1v) is 9.35. The Bertz CT molecular complexity index is 872. The van der Waals surface area contributed by atoms with Gasteiger partial charge in [0, 0.05) is 18.1 Å². The summed E-state index contributed by atoms with van der Waals surface area (Å²) in [5.74, 6) is -1.34. The molecule has 1 saturated carbocycles. The number of nitrogens with zero attached hydrogens (tertiary/aromatic N) is 3.